The maximum absolute atomic E-state index is 13.1. The fourth-order valence-corrected chi connectivity index (χ4v) is 3.30. The van der Waals surface area contributed by atoms with Crippen molar-refractivity contribution in [3.63, 3.8) is 0 Å². The summed E-state index contributed by atoms with van der Waals surface area (Å²) in [4.78, 5) is 12.1. The molecule has 5 heteroatoms. The van der Waals surface area contributed by atoms with Crippen molar-refractivity contribution in [3.8, 4) is 5.75 Å². The Morgan fingerprint density at radius 1 is 1.08 bits per heavy atom. The summed E-state index contributed by atoms with van der Waals surface area (Å²) in [6, 6.07) is 13.0. The number of halogens is 1. The Labute approximate surface area is 140 Å². The molecule has 4 nitrogen and oxygen atoms in total. The summed E-state index contributed by atoms with van der Waals surface area (Å²) in [7, 11) is 1.39. The van der Waals surface area contributed by atoms with Crippen LogP contribution in [0, 0.1) is 11.7 Å². The first-order chi connectivity index (χ1) is 11.6. The van der Waals surface area contributed by atoms with Gasteiger partial charge in [0.1, 0.15) is 11.6 Å². The largest absolute Gasteiger partial charge is 0.508 e. The first kappa shape index (κ1) is 16.5. The van der Waals surface area contributed by atoms with Crippen molar-refractivity contribution in [2.45, 2.75) is 24.9 Å². The van der Waals surface area contributed by atoms with Crippen LogP contribution in [0.25, 0.3) is 0 Å². The molecule has 1 aliphatic heterocycles. The van der Waals surface area contributed by atoms with Gasteiger partial charge in [-0.3, -0.25) is 4.79 Å². The van der Waals surface area contributed by atoms with Crippen LogP contribution in [0.4, 0.5) is 4.39 Å². The molecule has 2 N–H and O–H groups in total. The van der Waals surface area contributed by atoms with Crippen LogP contribution in [-0.4, -0.2) is 18.2 Å². The van der Waals surface area contributed by atoms with Gasteiger partial charge in [-0.25, -0.2) is 4.39 Å². The molecule has 126 valence electrons. The fraction of sp³-hybridized carbons (Fsp3) is 0.316. The molecule has 0 saturated carbocycles. The monoisotopic (exact) mass is 329 g/mol. The number of hydrogen-bond acceptors (Lipinski definition) is 4. The standard InChI is InChI=1S/C19H20FNO3/c1-24-19(23)16-10-11-17(12-2-6-14(20)7-3-12)21-18(16)13-4-8-15(22)9-5-13/h2-9,16-18,21-22H,10-11H2,1H3/t16-,17-,18+/m0/s1. The van der Waals surface area contributed by atoms with Gasteiger partial charge in [-0.05, 0) is 48.2 Å². The van der Waals surface area contributed by atoms with Crippen LogP contribution in [0.1, 0.15) is 36.1 Å². The summed E-state index contributed by atoms with van der Waals surface area (Å²) >= 11 is 0. The molecule has 24 heavy (non-hydrogen) atoms. The number of esters is 1. The summed E-state index contributed by atoms with van der Waals surface area (Å²) in [6.07, 6.45) is 1.44. The molecule has 0 radical (unpaired) electrons. The molecule has 0 bridgehead atoms. The van der Waals surface area contributed by atoms with Crippen molar-refractivity contribution >= 4 is 5.97 Å². The third-order valence-electron chi connectivity index (χ3n) is 4.58. The number of hydrogen-bond donors (Lipinski definition) is 2. The van der Waals surface area contributed by atoms with E-state index in [1.807, 2.05) is 0 Å². The number of ether oxygens (including phenoxy) is 1. The van der Waals surface area contributed by atoms with E-state index in [4.69, 9.17) is 4.74 Å². The molecule has 0 aliphatic carbocycles. The lowest BCUT2D eigenvalue weighted by atomic mass is 9.82. The van der Waals surface area contributed by atoms with Gasteiger partial charge in [0.15, 0.2) is 0 Å². The molecule has 1 fully saturated rings. The zero-order valence-corrected chi connectivity index (χ0v) is 13.4. The number of benzene rings is 2. The second-order valence-electron chi connectivity index (χ2n) is 6.05. The Kier molecular flexibility index (Phi) is 4.81. The lowest BCUT2D eigenvalue weighted by Crippen LogP contribution is -2.40. The maximum Gasteiger partial charge on any atom is 0.310 e. The minimum Gasteiger partial charge on any atom is -0.508 e. The van der Waals surface area contributed by atoms with Gasteiger partial charge in [-0.15, -0.1) is 0 Å². The number of phenolic OH excluding ortho intramolecular Hbond substituents is 1. The zero-order valence-electron chi connectivity index (χ0n) is 13.4. The second kappa shape index (κ2) is 7.01. The summed E-state index contributed by atoms with van der Waals surface area (Å²) in [5, 5.41) is 13.0. The average Bonchev–Trinajstić information content (AvgIpc) is 2.62. The fourth-order valence-electron chi connectivity index (χ4n) is 3.30. The Morgan fingerprint density at radius 3 is 2.33 bits per heavy atom. The van der Waals surface area contributed by atoms with E-state index in [2.05, 4.69) is 5.32 Å². The van der Waals surface area contributed by atoms with E-state index < -0.39 is 0 Å². The summed E-state index contributed by atoms with van der Waals surface area (Å²) < 4.78 is 18.1. The molecule has 1 heterocycles. The number of rotatable bonds is 3. The molecule has 3 rings (SSSR count). The van der Waals surface area contributed by atoms with Crippen LogP contribution < -0.4 is 5.32 Å². The number of piperidine rings is 1. The molecule has 0 aromatic heterocycles. The summed E-state index contributed by atoms with van der Waals surface area (Å²) in [6.45, 7) is 0. The predicted molar refractivity (Wildman–Crippen MR) is 87.9 cm³/mol. The zero-order chi connectivity index (χ0) is 17.1. The summed E-state index contributed by atoms with van der Waals surface area (Å²) in [5.74, 6) is -0.634. The number of methoxy groups -OCH3 is 1. The van der Waals surface area contributed by atoms with E-state index >= 15 is 0 Å². The lowest BCUT2D eigenvalue weighted by molar-refractivity contribution is -0.147. The van der Waals surface area contributed by atoms with Crippen LogP contribution in [0.5, 0.6) is 5.75 Å². The number of aromatic hydroxyl groups is 1. The molecule has 2 aromatic rings. The number of carbonyl (C=O) groups excluding carboxylic acids is 1. The molecular weight excluding hydrogens is 309 g/mol. The number of nitrogens with one attached hydrogen (secondary N) is 1. The average molecular weight is 329 g/mol. The minimum absolute atomic E-state index is 0.0327. The Hall–Kier alpha value is -2.40. The van der Waals surface area contributed by atoms with E-state index in [1.54, 1.807) is 36.4 Å². The minimum atomic E-state index is -0.295. The molecular formula is C19H20FNO3. The topological polar surface area (TPSA) is 58.6 Å². The van der Waals surface area contributed by atoms with Crippen LogP contribution in [0.3, 0.4) is 0 Å². The Bertz CT molecular complexity index is 700. The SMILES string of the molecule is COC(=O)[C@H]1CC[C@@H](c2ccc(F)cc2)N[C@@H]1c1ccc(O)cc1. The van der Waals surface area contributed by atoms with Crippen LogP contribution in [0.2, 0.25) is 0 Å². The van der Waals surface area contributed by atoms with Crippen LogP contribution in [0.15, 0.2) is 48.5 Å². The van der Waals surface area contributed by atoms with Crippen molar-refractivity contribution in [1.29, 1.82) is 0 Å². The van der Waals surface area contributed by atoms with E-state index in [1.165, 1.54) is 19.2 Å². The Morgan fingerprint density at radius 2 is 1.71 bits per heavy atom. The van der Waals surface area contributed by atoms with Crippen molar-refractivity contribution in [1.82, 2.24) is 5.32 Å². The van der Waals surface area contributed by atoms with E-state index in [-0.39, 0.29) is 35.5 Å². The predicted octanol–water partition coefficient (Wildman–Crippen LogP) is 3.49. The maximum atomic E-state index is 13.1. The van der Waals surface area contributed by atoms with Gasteiger partial charge in [-0.2, -0.15) is 0 Å². The molecule has 1 aliphatic rings. The van der Waals surface area contributed by atoms with E-state index in [0.717, 1.165) is 17.5 Å². The molecule has 2 aromatic carbocycles. The number of phenols is 1. The summed E-state index contributed by atoms with van der Waals surface area (Å²) in [5.41, 5.74) is 1.90. The van der Waals surface area contributed by atoms with Crippen LogP contribution in [-0.2, 0) is 9.53 Å². The van der Waals surface area contributed by atoms with Crippen molar-refractivity contribution < 1.29 is 19.0 Å². The smallest absolute Gasteiger partial charge is 0.310 e. The van der Waals surface area contributed by atoms with E-state index in [0.29, 0.717) is 6.42 Å². The van der Waals surface area contributed by atoms with Gasteiger partial charge in [0, 0.05) is 12.1 Å². The van der Waals surface area contributed by atoms with E-state index in [9.17, 15) is 14.3 Å². The van der Waals surface area contributed by atoms with Gasteiger partial charge in [0.05, 0.1) is 13.0 Å². The van der Waals surface area contributed by atoms with Gasteiger partial charge in [-0.1, -0.05) is 24.3 Å². The third kappa shape index (κ3) is 3.41. The first-order valence-electron chi connectivity index (χ1n) is 7.97. The molecule has 3 atom stereocenters. The van der Waals surface area contributed by atoms with Crippen molar-refractivity contribution in [3.05, 3.63) is 65.5 Å². The van der Waals surface area contributed by atoms with Gasteiger partial charge in [0.2, 0.25) is 0 Å². The highest BCUT2D eigenvalue weighted by Crippen LogP contribution is 2.38. The van der Waals surface area contributed by atoms with Crippen molar-refractivity contribution in [2.75, 3.05) is 7.11 Å². The molecule has 0 unspecified atom stereocenters. The highest BCUT2D eigenvalue weighted by molar-refractivity contribution is 5.73. The quantitative estimate of drug-likeness (QED) is 0.847. The highest BCUT2D eigenvalue weighted by Gasteiger charge is 2.36. The van der Waals surface area contributed by atoms with Gasteiger partial charge in [0.25, 0.3) is 0 Å². The normalized spacial score (nSPS) is 23.7. The van der Waals surface area contributed by atoms with Gasteiger partial charge < -0.3 is 15.2 Å². The van der Waals surface area contributed by atoms with Crippen molar-refractivity contribution in [2.24, 2.45) is 5.92 Å². The highest BCUT2D eigenvalue weighted by atomic mass is 19.1. The molecule has 0 spiro atoms. The Balaban J connectivity index is 1.88. The third-order valence-corrected chi connectivity index (χ3v) is 4.58. The molecule has 0 amide bonds. The first-order valence-corrected chi connectivity index (χ1v) is 7.97. The van der Waals surface area contributed by atoms with Gasteiger partial charge >= 0.3 is 5.97 Å². The van der Waals surface area contributed by atoms with Crippen LogP contribution >= 0.6 is 0 Å². The molecule has 1 saturated heterocycles. The lowest BCUT2D eigenvalue weighted by Gasteiger charge is -2.36. The second-order valence-corrected chi connectivity index (χ2v) is 6.05. The number of carbonyl (C=O) groups is 1.